The van der Waals surface area contributed by atoms with E-state index < -0.39 is 0 Å². The van der Waals surface area contributed by atoms with Crippen molar-refractivity contribution in [1.29, 1.82) is 0 Å². The number of rotatable bonds is 1. The molecule has 1 aliphatic carbocycles. The van der Waals surface area contributed by atoms with Crippen LogP contribution in [-0.4, -0.2) is 4.98 Å². The molecule has 0 aromatic carbocycles. The molecule has 0 bridgehead atoms. The minimum Gasteiger partial charge on any atom is -0.224 e. The van der Waals surface area contributed by atoms with Crippen molar-refractivity contribution >= 4 is 23.2 Å². The summed E-state index contributed by atoms with van der Waals surface area (Å²) in [4.78, 5) is 4.15. The number of hydrogen-bond acceptors (Lipinski definition) is 1. The van der Waals surface area contributed by atoms with Gasteiger partial charge in [-0.25, -0.2) is 4.98 Å². The second-order valence-electron chi connectivity index (χ2n) is 3.96. The maximum atomic E-state index is 6.09. The van der Waals surface area contributed by atoms with Gasteiger partial charge in [0.2, 0.25) is 0 Å². The lowest BCUT2D eigenvalue weighted by molar-refractivity contribution is 0.718. The van der Waals surface area contributed by atoms with Crippen LogP contribution in [0.4, 0.5) is 0 Å². The molecule has 3 heteroatoms. The maximum Gasteiger partial charge on any atom is 0.134 e. The second-order valence-corrected chi connectivity index (χ2v) is 4.67. The summed E-state index contributed by atoms with van der Waals surface area (Å²) in [7, 11) is 0. The first-order valence-corrected chi connectivity index (χ1v) is 5.76. The van der Waals surface area contributed by atoms with E-state index in [1.807, 2.05) is 6.92 Å². The quantitative estimate of drug-likeness (QED) is 0.653. The Morgan fingerprint density at radius 2 is 1.86 bits per heavy atom. The van der Waals surface area contributed by atoms with E-state index in [1.165, 1.54) is 31.2 Å². The number of nitrogens with zero attached hydrogens (tertiary/aromatic N) is 1. The summed E-state index contributed by atoms with van der Waals surface area (Å²) in [5, 5.41) is 1.12. The topological polar surface area (TPSA) is 12.9 Å². The molecule has 1 heterocycles. The van der Waals surface area contributed by atoms with E-state index in [0.717, 1.165) is 5.56 Å². The first-order valence-electron chi connectivity index (χ1n) is 5.01. The summed E-state index contributed by atoms with van der Waals surface area (Å²) in [5.41, 5.74) is 2.21. The van der Waals surface area contributed by atoms with Gasteiger partial charge in [-0.1, -0.05) is 36.0 Å². The Morgan fingerprint density at radius 3 is 2.50 bits per heavy atom. The van der Waals surface area contributed by atoms with Crippen LogP contribution in [0.5, 0.6) is 0 Å². The molecule has 0 unspecified atom stereocenters. The van der Waals surface area contributed by atoms with Crippen LogP contribution in [0.25, 0.3) is 0 Å². The van der Waals surface area contributed by atoms with E-state index in [2.05, 4.69) is 11.1 Å². The fourth-order valence-electron chi connectivity index (χ4n) is 2.11. The van der Waals surface area contributed by atoms with Crippen molar-refractivity contribution in [3.8, 4) is 0 Å². The summed E-state index contributed by atoms with van der Waals surface area (Å²) >= 11 is 12.0. The zero-order valence-corrected chi connectivity index (χ0v) is 9.70. The molecule has 0 atom stereocenters. The van der Waals surface area contributed by atoms with Gasteiger partial charge in [0.15, 0.2) is 0 Å². The van der Waals surface area contributed by atoms with Crippen LogP contribution in [0.2, 0.25) is 10.3 Å². The molecule has 1 aromatic heterocycles. The molecule has 14 heavy (non-hydrogen) atoms. The third-order valence-electron chi connectivity index (χ3n) is 2.93. The first-order chi connectivity index (χ1) is 6.68. The Labute approximate surface area is 94.4 Å². The van der Waals surface area contributed by atoms with Crippen molar-refractivity contribution in [1.82, 2.24) is 4.98 Å². The van der Waals surface area contributed by atoms with Crippen LogP contribution in [-0.2, 0) is 0 Å². The summed E-state index contributed by atoms with van der Waals surface area (Å²) in [6.07, 6.45) is 5.09. The molecule has 0 saturated heterocycles. The molecule has 1 fully saturated rings. The van der Waals surface area contributed by atoms with Crippen molar-refractivity contribution in [2.75, 3.05) is 0 Å². The normalized spacial score (nSPS) is 17.6. The third kappa shape index (κ3) is 1.89. The highest BCUT2D eigenvalue weighted by Crippen LogP contribution is 2.38. The lowest BCUT2D eigenvalue weighted by atomic mass is 9.98. The van der Waals surface area contributed by atoms with E-state index in [-0.39, 0.29) is 0 Å². The number of hydrogen-bond donors (Lipinski definition) is 0. The van der Waals surface area contributed by atoms with Crippen LogP contribution in [0, 0.1) is 6.92 Å². The van der Waals surface area contributed by atoms with E-state index in [0.29, 0.717) is 16.2 Å². The average Bonchev–Trinajstić information content (AvgIpc) is 2.64. The molecule has 1 aromatic rings. The minimum absolute atomic E-state index is 0.525. The average molecular weight is 230 g/mol. The summed E-state index contributed by atoms with van der Waals surface area (Å²) < 4.78 is 0. The Kier molecular flexibility index (Phi) is 2.99. The molecule has 1 saturated carbocycles. The molecule has 0 spiro atoms. The van der Waals surface area contributed by atoms with Crippen molar-refractivity contribution in [3.05, 3.63) is 27.5 Å². The molecular formula is C11H13Cl2N. The molecule has 0 radical (unpaired) electrons. The number of aromatic nitrogens is 1. The zero-order chi connectivity index (χ0) is 10.1. The Balaban J connectivity index is 2.37. The van der Waals surface area contributed by atoms with Crippen molar-refractivity contribution in [3.63, 3.8) is 0 Å². The van der Waals surface area contributed by atoms with Crippen molar-refractivity contribution in [2.45, 2.75) is 38.5 Å². The van der Waals surface area contributed by atoms with Gasteiger partial charge in [0.1, 0.15) is 10.3 Å². The van der Waals surface area contributed by atoms with Gasteiger partial charge >= 0.3 is 0 Å². The lowest BCUT2D eigenvalue weighted by Crippen LogP contribution is -1.97. The lowest BCUT2D eigenvalue weighted by Gasteiger charge is -2.12. The molecule has 76 valence electrons. The summed E-state index contributed by atoms with van der Waals surface area (Å²) in [6.45, 7) is 1.98. The number of pyridine rings is 1. The van der Waals surface area contributed by atoms with Crippen LogP contribution < -0.4 is 0 Å². The van der Waals surface area contributed by atoms with Gasteiger partial charge in [-0.3, -0.25) is 0 Å². The van der Waals surface area contributed by atoms with Crippen LogP contribution in [0.3, 0.4) is 0 Å². The SMILES string of the molecule is Cc1cc(C2CCCC2)c(Cl)nc1Cl. The van der Waals surface area contributed by atoms with Gasteiger partial charge in [-0.15, -0.1) is 0 Å². The molecule has 0 aliphatic heterocycles. The fourth-order valence-corrected chi connectivity index (χ4v) is 2.59. The molecule has 2 rings (SSSR count). The predicted molar refractivity (Wildman–Crippen MR) is 60.2 cm³/mol. The highest BCUT2D eigenvalue weighted by Gasteiger charge is 2.20. The van der Waals surface area contributed by atoms with Gasteiger partial charge in [0, 0.05) is 0 Å². The second kappa shape index (κ2) is 4.08. The molecule has 0 amide bonds. The van der Waals surface area contributed by atoms with Crippen LogP contribution in [0.15, 0.2) is 6.07 Å². The Hall–Kier alpha value is -0.270. The zero-order valence-electron chi connectivity index (χ0n) is 8.19. The van der Waals surface area contributed by atoms with Crippen molar-refractivity contribution < 1.29 is 0 Å². The van der Waals surface area contributed by atoms with Gasteiger partial charge in [-0.2, -0.15) is 0 Å². The first kappa shape index (κ1) is 10.3. The highest BCUT2D eigenvalue weighted by molar-refractivity contribution is 6.33. The van der Waals surface area contributed by atoms with E-state index in [9.17, 15) is 0 Å². The summed E-state index contributed by atoms with van der Waals surface area (Å²) in [5.74, 6) is 0.603. The third-order valence-corrected chi connectivity index (χ3v) is 3.61. The highest BCUT2D eigenvalue weighted by atomic mass is 35.5. The van der Waals surface area contributed by atoms with E-state index in [1.54, 1.807) is 0 Å². The predicted octanol–water partition coefficient (Wildman–Crippen LogP) is 4.35. The van der Waals surface area contributed by atoms with Gasteiger partial charge in [0.05, 0.1) is 0 Å². The molecule has 0 N–H and O–H groups in total. The smallest absolute Gasteiger partial charge is 0.134 e. The Bertz CT molecular complexity index is 343. The minimum atomic E-state index is 0.525. The number of halogens is 2. The van der Waals surface area contributed by atoms with Gasteiger partial charge < -0.3 is 0 Å². The number of aryl methyl sites for hydroxylation is 1. The van der Waals surface area contributed by atoms with Gasteiger partial charge in [0.25, 0.3) is 0 Å². The Morgan fingerprint density at radius 1 is 1.21 bits per heavy atom. The summed E-state index contributed by atoms with van der Waals surface area (Å²) in [6, 6.07) is 2.09. The van der Waals surface area contributed by atoms with E-state index >= 15 is 0 Å². The molecule has 1 nitrogen and oxygen atoms in total. The molecule has 1 aliphatic rings. The fraction of sp³-hybridized carbons (Fsp3) is 0.545. The van der Waals surface area contributed by atoms with E-state index in [4.69, 9.17) is 23.2 Å². The van der Waals surface area contributed by atoms with Gasteiger partial charge in [-0.05, 0) is 42.9 Å². The van der Waals surface area contributed by atoms with Crippen LogP contribution in [0.1, 0.15) is 42.7 Å². The standard InChI is InChI=1S/C11H13Cl2N/c1-7-6-9(8-4-2-3-5-8)11(13)14-10(7)12/h6,8H,2-5H2,1H3. The molecular weight excluding hydrogens is 217 g/mol. The van der Waals surface area contributed by atoms with Crippen molar-refractivity contribution in [2.24, 2.45) is 0 Å². The van der Waals surface area contributed by atoms with Crippen LogP contribution >= 0.6 is 23.2 Å². The largest absolute Gasteiger partial charge is 0.224 e. The monoisotopic (exact) mass is 229 g/mol. The maximum absolute atomic E-state index is 6.09.